The first-order chi connectivity index (χ1) is 12.1. The minimum atomic E-state index is -3.44. The molecule has 0 spiro atoms. The van der Waals surface area contributed by atoms with E-state index in [9.17, 15) is 4.57 Å². The highest BCUT2D eigenvalue weighted by molar-refractivity contribution is 7.54. The number of methoxy groups -OCH3 is 1. The van der Waals surface area contributed by atoms with E-state index in [0.29, 0.717) is 19.0 Å². The fraction of sp³-hybridized carbons (Fsp3) is 0.368. The Kier molecular flexibility index (Phi) is 7.06. The molecule has 25 heavy (non-hydrogen) atoms. The van der Waals surface area contributed by atoms with Crippen molar-refractivity contribution in [2.45, 2.75) is 19.5 Å². The Labute approximate surface area is 149 Å². The van der Waals surface area contributed by atoms with E-state index in [2.05, 4.69) is 5.32 Å². The smallest absolute Gasteiger partial charge is 0.342 e. The second kappa shape index (κ2) is 9.04. The van der Waals surface area contributed by atoms with Crippen LogP contribution in [0.2, 0.25) is 0 Å². The molecule has 0 aliphatic rings. The molecular formula is C19H26NO4P. The van der Waals surface area contributed by atoms with Crippen molar-refractivity contribution in [1.82, 2.24) is 0 Å². The molecule has 5 nitrogen and oxygen atoms in total. The number of nitrogens with one attached hydrogen (secondary N) is 1. The van der Waals surface area contributed by atoms with E-state index < -0.39 is 13.3 Å². The number of hydrogen-bond acceptors (Lipinski definition) is 5. The molecule has 136 valence electrons. The number of rotatable bonds is 9. The maximum Gasteiger partial charge on any atom is 0.342 e. The van der Waals surface area contributed by atoms with Crippen LogP contribution in [-0.4, -0.2) is 27.4 Å². The summed E-state index contributed by atoms with van der Waals surface area (Å²) in [5.41, 5.74) is 2.00. The van der Waals surface area contributed by atoms with Gasteiger partial charge in [-0.25, -0.2) is 0 Å². The van der Waals surface area contributed by atoms with E-state index >= 15 is 0 Å². The molecule has 0 radical (unpaired) electrons. The molecule has 2 aromatic carbocycles. The van der Waals surface area contributed by atoms with Crippen molar-refractivity contribution in [2.24, 2.45) is 0 Å². The van der Waals surface area contributed by atoms with Gasteiger partial charge in [0.15, 0.2) is 0 Å². The fourth-order valence-electron chi connectivity index (χ4n) is 2.84. The molecule has 0 amide bonds. The second-order valence-electron chi connectivity index (χ2n) is 5.39. The van der Waals surface area contributed by atoms with Crippen molar-refractivity contribution in [2.75, 3.05) is 32.7 Å². The summed E-state index contributed by atoms with van der Waals surface area (Å²) in [6.45, 7) is 4.25. The SMILES string of the molecule is CCOP(=O)(OCC)C(c1ccccc1)c1cc(OC)ccc1NC. The van der Waals surface area contributed by atoms with Gasteiger partial charge in [0.05, 0.1) is 20.3 Å². The molecule has 2 aromatic rings. The van der Waals surface area contributed by atoms with Crippen LogP contribution >= 0.6 is 7.60 Å². The van der Waals surface area contributed by atoms with Gasteiger partial charge in [-0.3, -0.25) is 4.57 Å². The summed E-state index contributed by atoms with van der Waals surface area (Å²) in [5.74, 6) is 0.689. The van der Waals surface area contributed by atoms with Crippen LogP contribution in [0.1, 0.15) is 30.6 Å². The maximum atomic E-state index is 13.7. The van der Waals surface area contributed by atoms with Crippen molar-refractivity contribution in [3.63, 3.8) is 0 Å². The molecule has 0 aliphatic heterocycles. The average Bonchev–Trinajstić information content (AvgIpc) is 2.63. The Balaban J connectivity index is 2.69. The minimum Gasteiger partial charge on any atom is -0.497 e. The molecule has 1 N–H and O–H groups in total. The molecule has 0 saturated heterocycles. The predicted molar refractivity (Wildman–Crippen MR) is 102 cm³/mol. The number of anilines is 1. The topological polar surface area (TPSA) is 56.8 Å². The van der Waals surface area contributed by atoms with Gasteiger partial charge in [0.2, 0.25) is 0 Å². The van der Waals surface area contributed by atoms with E-state index in [4.69, 9.17) is 13.8 Å². The normalized spacial score (nSPS) is 12.6. The van der Waals surface area contributed by atoms with Crippen LogP contribution < -0.4 is 10.1 Å². The molecule has 1 atom stereocenters. The van der Waals surface area contributed by atoms with Crippen LogP contribution in [0.3, 0.4) is 0 Å². The number of hydrogen-bond donors (Lipinski definition) is 1. The monoisotopic (exact) mass is 363 g/mol. The number of ether oxygens (including phenoxy) is 1. The highest BCUT2D eigenvalue weighted by atomic mass is 31.2. The Morgan fingerprint density at radius 3 is 2.20 bits per heavy atom. The van der Waals surface area contributed by atoms with Crippen LogP contribution in [-0.2, 0) is 13.6 Å². The van der Waals surface area contributed by atoms with Gasteiger partial charge in [-0.05, 0) is 43.2 Å². The number of benzene rings is 2. The van der Waals surface area contributed by atoms with Crippen LogP contribution in [0.15, 0.2) is 48.5 Å². The van der Waals surface area contributed by atoms with Gasteiger partial charge in [-0.1, -0.05) is 30.3 Å². The minimum absolute atomic E-state index is 0.305. The zero-order valence-corrected chi connectivity index (χ0v) is 16.1. The summed E-state index contributed by atoms with van der Waals surface area (Å²) in [7, 11) is 0.00515. The largest absolute Gasteiger partial charge is 0.497 e. The van der Waals surface area contributed by atoms with Crippen molar-refractivity contribution < 1.29 is 18.3 Å². The van der Waals surface area contributed by atoms with Crippen molar-refractivity contribution in [3.05, 3.63) is 59.7 Å². The molecule has 0 aliphatic carbocycles. The zero-order chi connectivity index (χ0) is 18.3. The lowest BCUT2D eigenvalue weighted by atomic mass is 10.0. The highest BCUT2D eigenvalue weighted by Crippen LogP contribution is 2.64. The molecule has 0 saturated carbocycles. The summed E-state index contributed by atoms with van der Waals surface area (Å²) in [6, 6.07) is 15.3. The van der Waals surface area contributed by atoms with Crippen molar-refractivity contribution in [1.29, 1.82) is 0 Å². The fourth-order valence-corrected chi connectivity index (χ4v) is 5.02. The molecule has 2 rings (SSSR count). The molecule has 0 fully saturated rings. The molecule has 0 bridgehead atoms. The van der Waals surface area contributed by atoms with Crippen LogP contribution in [0, 0.1) is 0 Å². The molecule has 6 heteroatoms. The quantitative estimate of drug-likeness (QED) is 0.629. The zero-order valence-electron chi connectivity index (χ0n) is 15.2. The van der Waals surface area contributed by atoms with E-state index in [1.807, 2.05) is 69.4 Å². The lowest BCUT2D eigenvalue weighted by Gasteiger charge is -2.28. The Morgan fingerprint density at radius 2 is 1.68 bits per heavy atom. The standard InChI is InChI=1S/C19H26NO4P/c1-5-23-25(21,24-6-2)19(15-10-8-7-9-11-15)17-14-16(22-4)12-13-18(17)20-3/h7-14,19-20H,5-6H2,1-4H3. The summed E-state index contributed by atoms with van der Waals surface area (Å²) in [5, 5.41) is 3.17. The predicted octanol–water partition coefficient (Wildman–Crippen LogP) is 5.09. The van der Waals surface area contributed by atoms with Crippen molar-refractivity contribution >= 4 is 13.3 Å². The molecular weight excluding hydrogens is 337 g/mol. The van der Waals surface area contributed by atoms with Crippen LogP contribution in [0.25, 0.3) is 0 Å². The van der Waals surface area contributed by atoms with Gasteiger partial charge in [-0.15, -0.1) is 0 Å². The third kappa shape index (κ3) is 4.43. The third-order valence-electron chi connectivity index (χ3n) is 3.87. The first kappa shape index (κ1) is 19.5. The van der Waals surface area contributed by atoms with E-state index in [1.54, 1.807) is 7.11 Å². The van der Waals surface area contributed by atoms with Gasteiger partial charge in [0, 0.05) is 12.7 Å². The van der Waals surface area contributed by atoms with E-state index in [0.717, 1.165) is 16.8 Å². The molecule has 0 heterocycles. The second-order valence-corrected chi connectivity index (χ2v) is 7.50. The Bertz CT molecular complexity index is 711. The molecule has 1 unspecified atom stereocenters. The summed E-state index contributed by atoms with van der Waals surface area (Å²) >= 11 is 0. The van der Waals surface area contributed by atoms with Crippen LogP contribution in [0.4, 0.5) is 5.69 Å². The summed E-state index contributed by atoms with van der Waals surface area (Å²) in [6.07, 6.45) is 0. The summed E-state index contributed by atoms with van der Waals surface area (Å²) in [4.78, 5) is 0. The average molecular weight is 363 g/mol. The van der Waals surface area contributed by atoms with Crippen molar-refractivity contribution in [3.8, 4) is 5.75 Å². The summed E-state index contributed by atoms with van der Waals surface area (Å²) < 4.78 is 30.4. The highest BCUT2D eigenvalue weighted by Gasteiger charge is 2.39. The van der Waals surface area contributed by atoms with Gasteiger partial charge < -0.3 is 19.1 Å². The maximum absolute atomic E-state index is 13.7. The van der Waals surface area contributed by atoms with Crippen LogP contribution in [0.5, 0.6) is 5.75 Å². The third-order valence-corrected chi connectivity index (χ3v) is 6.32. The molecule has 0 aromatic heterocycles. The van der Waals surface area contributed by atoms with Gasteiger partial charge in [0.1, 0.15) is 11.4 Å². The van der Waals surface area contributed by atoms with E-state index in [-0.39, 0.29) is 0 Å². The Hall–Kier alpha value is -1.81. The van der Waals surface area contributed by atoms with Gasteiger partial charge >= 0.3 is 7.60 Å². The van der Waals surface area contributed by atoms with Gasteiger partial charge in [-0.2, -0.15) is 0 Å². The lowest BCUT2D eigenvalue weighted by molar-refractivity contribution is 0.215. The first-order valence-electron chi connectivity index (χ1n) is 8.39. The van der Waals surface area contributed by atoms with E-state index in [1.165, 1.54) is 0 Å². The first-order valence-corrected chi connectivity index (χ1v) is 10.00. The lowest BCUT2D eigenvalue weighted by Crippen LogP contribution is -2.11. The Morgan fingerprint density at radius 1 is 1.04 bits per heavy atom. The van der Waals surface area contributed by atoms with Gasteiger partial charge in [0.25, 0.3) is 0 Å².